The maximum absolute atomic E-state index is 6.31. The molecule has 278 valence electrons. The lowest BCUT2D eigenvalue weighted by Crippen LogP contribution is -2.54. The first-order valence-electron chi connectivity index (χ1n) is 21.8. The zero-order valence-electron chi connectivity index (χ0n) is 32.2. The Morgan fingerprint density at radius 1 is 0.483 bits per heavy atom. The smallest absolute Gasteiger partial charge is 0.164 e. The fourth-order valence-corrected chi connectivity index (χ4v) is 16.1. The van der Waals surface area contributed by atoms with Crippen molar-refractivity contribution in [2.24, 2.45) is 52.8 Å². The van der Waals surface area contributed by atoms with E-state index in [-0.39, 0.29) is 5.41 Å². The Morgan fingerprint density at radius 2 is 1.17 bits per heavy atom. The summed E-state index contributed by atoms with van der Waals surface area (Å²) >= 11 is 0. The first-order chi connectivity index (χ1) is 28.7. The van der Waals surface area contributed by atoms with Crippen LogP contribution < -0.4 is 0 Å². The molecule has 8 aromatic rings. The van der Waals surface area contributed by atoms with Crippen LogP contribution in [0.25, 0.3) is 78.4 Å². The molecule has 0 radical (unpaired) electrons. The summed E-state index contributed by atoms with van der Waals surface area (Å²) in [6, 6.07) is 50.8. The maximum atomic E-state index is 6.31. The summed E-state index contributed by atoms with van der Waals surface area (Å²) in [6.45, 7) is 0. The van der Waals surface area contributed by atoms with Crippen LogP contribution in [0.5, 0.6) is 0 Å². The summed E-state index contributed by atoms with van der Waals surface area (Å²) in [5.41, 5.74) is 14.2. The second-order valence-corrected chi connectivity index (χ2v) is 19.1. The third-order valence-corrected chi connectivity index (χ3v) is 17.3. The van der Waals surface area contributed by atoms with Gasteiger partial charge in [0.2, 0.25) is 0 Å². The molecular weight excluding hydrogens is 707 g/mol. The Hall–Kier alpha value is -5.87. The monoisotopic (exact) mass is 747 g/mol. The highest BCUT2D eigenvalue weighted by Gasteiger charge is 2.86. The topological polar surface area (TPSA) is 51.8 Å². The molecule has 10 unspecified atom stereocenters. The number of benzene rings is 6. The van der Waals surface area contributed by atoms with Crippen molar-refractivity contribution in [3.05, 3.63) is 151 Å². The van der Waals surface area contributed by atoms with Crippen LogP contribution in [0.15, 0.2) is 144 Å². The van der Waals surface area contributed by atoms with Crippen molar-refractivity contribution in [2.45, 2.75) is 37.5 Å². The highest BCUT2D eigenvalue weighted by molar-refractivity contribution is 6.05. The number of hydrogen-bond donors (Lipinski definition) is 0. The van der Waals surface area contributed by atoms with E-state index in [1.807, 2.05) is 30.3 Å². The molecule has 2 spiro atoms. The van der Waals surface area contributed by atoms with Crippen LogP contribution in [0, 0.1) is 52.8 Å². The summed E-state index contributed by atoms with van der Waals surface area (Å²) in [7, 11) is 0. The van der Waals surface area contributed by atoms with Crippen molar-refractivity contribution in [1.29, 1.82) is 0 Å². The van der Waals surface area contributed by atoms with Crippen LogP contribution in [-0.4, -0.2) is 15.0 Å². The minimum atomic E-state index is 0.143. The lowest BCUT2D eigenvalue weighted by Gasteiger charge is -2.59. The minimum Gasteiger partial charge on any atom is -0.456 e. The quantitative estimate of drug-likeness (QED) is 0.180. The molecule has 2 aromatic heterocycles. The first kappa shape index (κ1) is 31.2. The van der Waals surface area contributed by atoms with Gasteiger partial charge in [-0.25, -0.2) is 15.0 Å². The van der Waals surface area contributed by atoms with Crippen LogP contribution in [0.2, 0.25) is 0 Å². The molecule has 7 aliphatic carbocycles. The Morgan fingerprint density at radius 3 is 2.09 bits per heavy atom. The summed E-state index contributed by atoms with van der Waals surface area (Å²) in [4.78, 5) is 15.5. The number of para-hydroxylation sites is 1. The first-order valence-corrected chi connectivity index (χ1v) is 21.8. The van der Waals surface area contributed by atoms with Gasteiger partial charge in [0.15, 0.2) is 17.5 Å². The number of nitrogens with zero attached hydrogens (tertiary/aromatic N) is 3. The third-order valence-electron chi connectivity index (χ3n) is 17.3. The molecule has 0 N–H and O–H groups in total. The molecule has 6 fully saturated rings. The number of furan rings is 1. The Kier molecular flexibility index (Phi) is 5.69. The van der Waals surface area contributed by atoms with Gasteiger partial charge < -0.3 is 4.42 Å². The van der Waals surface area contributed by atoms with Gasteiger partial charge in [-0.3, -0.25) is 0 Å². The fourth-order valence-electron chi connectivity index (χ4n) is 16.1. The van der Waals surface area contributed by atoms with Crippen molar-refractivity contribution in [2.75, 3.05) is 0 Å². The van der Waals surface area contributed by atoms with E-state index in [0.717, 1.165) is 86.0 Å². The zero-order chi connectivity index (χ0) is 37.5. The number of hydrogen-bond acceptors (Lipinski definition) is 4. The molecule has 58 heavy (non-hydrogen) atoms. The largest absolute Gasteiger partial charge is 0.456 e. The van der Waals surface area contributed by atoms with E-state index in [4.69, 9.17) is 19.4 Å². The van der Waals surface area contributed by atoms with Gasteiger partial charge in [-0.2, -0.15) is 0 Å². The predicted molar refractivity (Wildman–Crippen MR) is 229 cm³/mol. The SMILES string of the molecule is c1ccc(-c2nc(-c3cccc(-c4cccc5c4-c4ccccc4C54C5CC6C7CC8CC9C4C(C8)C6(C5)C97)c3)nc(-c3ccc4c(c3)oc3ccccc34)n2)cc1. The molecule has 15 rings (SSSR count). The van der Waals surface area contributed by atoms with E-state index in [1.165, 1.54) is 47.9 Å². The molecule has 6 bridgehead atoms. The van der Waals surface area contributed by atoms with Gasteiger partial charge in [-0.1, -0.05) is 115 Å². The summed E-state index contributed by atoms with van der Waals surface area (Å²) in [5.74, 6) is 9.39. The van der Waals surface area contributed by atoms with Gasteiger partial charge >= 0.3 is 0 Å². The molecular formula is C54H41N3O. The van der Waals surface area contributed by atoms with Gasteiger partial charge in [-0.05, 0) is 143 Å². The normalized spacial score (nSPS) is 32.3. The van der Waals surface area contributed by atoms with Gasteiger partial charge in [0.1, 0.15) is 11.2 Å². The Labute approximate surface area is 337 Å². The van der Waals surface area contributed by atoms with E-state index in [1.54, 1.807) is 17.5 Å². The summed E-state index contributed by atoms with van der Waals surface area (Å²) in [5, 5.41) is 2.20. The van der Waals surface area contributed by atoms with Crippen molar-refractivity contribution in [1.82, 2.24) is 15.0 Å². The van der Waals surface area contributed by atoms with Gasteiger partial charge in [-0.15, -0.1) is 0 Å². The third kappa shape index (κ3) is 3.57. The number of rotatable bonds is 4. The van der Waals surface area contributed by atoms with E-state index in [2.05, 4.69) is 109 Å². The molecule has 6 aromatic carbocycles. The molecule has 4 nitrogen and oxygen atoms in total. The molecule has 10 atom stereocenters. The van der Waals surface area contributed by atoms with Gasteiger partial charge in [0.05, 0.1) is 0 Å². The van der Waals surface area contributed by atoms with Crippen LogP contribution in [0.3, 0.4) is 0 Å². The fraction of sp³-hybridized carbons (Fsp3) is 0.278. The molecule has 4 heteroatoms. The van der Waals surface area contributed by atoms with Gasteiger partial charge in [0.25, 0.3) is 0 Å². The number of fused-ring (bicyclic) bond motifs is 12. The second kappa shape index (κ2) is 10.6. The molecule has 0 aliphatic heterocycles. The average molecular weight is 748 g/mol. The second-order valence-electron chi connectivity index (χ2n) is 19.1. The van der Waals surface area contributed by atoms with Crippen LogP contribution in [0.1, 0.15) is 43.2 Å². The summed E-state index contributed by atoms with van der Waals surface area (Å²) < 4.78 is 6.31. The summed E-state index contributed by atoms with van der Waals surface area (Å²) in [6.07, 6.45) is 7.48. The lowest BCUT2D eigenvalue weighted by atomic mass is 9.45. The predicted octanol–water partition coefficient (Wildman–Crippen LogP) is 12.7. The Bertz CT molecular complexity index is 3090. The van der Waals surface area contributed by atoms with Crippen LogP contribution in [0.4, 0.5) is 0 Å². The van der Waals surface area contributed by atoms with E-state index in [0.29, 0.717) is 22.9 Å². The van der Waals surface area contributed by atoms with Crippen molar-refractivity contribution >= 4 is 21.9 Å². The molecule has 6 saturated carbocycles. The molecule has 0 amide bonds. The minimum absolute atomic E-state index is 0.143. The zero-order valence-corrected chi connectivity index (χ0v) is 32.2. The van der Waals surface area contributed by atoms with Crippen LogP contribution in [-0.2, 0) is 5.41 Å². The van der Waals surface area contributed by atoms with Crippen molar-refractivity contribution in [3.63, 3.8) is 0 Å². The lowest BCUT2D eigenvalue weighted by molar-refractivity contribution is -0.120. The van der Waals surface area contributed by atoms with E-state index < -0.39 is 0 Å². The number of aromatic nitrogens is 3. The van der Waals surface area contributed by atoms with Crippen molar-refractivity contribution < 1.29 is 4.42 Å². The highest BCUT2D eigenvalue weighted by Crippen LogP contribution is 2.91. The molecule has 0 saturated heterocycles. The average Bonchev–Trinajstić information content (AvgIpc) is 3.87. The van der Waals surface area contributed by atoms with Crippen LogP contribution >= 0.6 is 0 Å². The van der Waals surface area contributed by atoms with Crippen molar-refractivity contribution in [3.8, 4) is 56.4 Å². The van der Waals surface area contributed by atoms with E-state index in [9.17, 15) is 0 Å². The molecule has 7 aliphatic rings. The van der Waals surface area contributed by atoms with Gasteiger partial charge in [0, 0.05) is 32.9 Å². The van der Waals surface area contributed by atoms with E-state index >= 15 is 0 Å². The Balaban J connectivity index is 0.894. The maximum Gasteiger partial charge on any atom is 0.164 e. The molecule has 2 heterocycles. The highest BCUT2D eigenvalue weighted by atomic mass is 16.3. The standard InChI is InChI=1S/C54H41N3O/c1-2-10-30(11-3-1)50-55-51(57-52(56-50)33-20-21-37-36-14-5-7-19-45(36)58-46(37)26-33)32-13-8-12-31(25-32)35-16-9-18-42-47(35)38-15-4-6-17-41(38)54(42)34-27-43-39-22-29-23-40-48(39)53(43,28-34)44(24-29)49(40)54/h1-21,25-26,29,34,39-40,43-44,48-49H,22-24,27-28H2.